The van der Waals surface area contributed by atoms with Gasteiger partial charge in [0.25, 0.3) is 5.56 Å². The molecule has 2 aromatic heterocycles. The summed E-state index contributed by atoms with van der Waals surface area (Å²) in [5.74, 6) is -3.43. The number of carboxylic acid groups (broad SMARTS) is 2. The molecule has 2 heterocycles. The summed E-state index contributed by atoms with van der Waals surface area (Å²) in [5.41, 5.74) is 6.30. The maximum atomic E-state index is 12.5. The van der Waals surface area contributed by atoms with Crippen molar-refractivity contribution in [2.24, 2.45) is 0 Å². The molecule has 3 rings (SSSR count). The highest BCUT2D eigenvalue weighted by Gasteiger charge is 2.27. The second-order valence-electron chi connectivity index (χ2n) is 6.91. The normalized spacial score (nSPS) is 11.6. The lowest BCUT2D eigenvalue weighted by atomic mass is 10.0. The number of nitrogens with two attached hydrogens (primary N) is 1. The van der Waals surface area contributed by atoms with Gasteiger partial charge in [-0.05, 0) is 30.7 Å². The fourth-order valence-electron chi connectivity index (χ4n) is 2.91. The Morgan fingerprint density at radius 3 is 2.52 bits per heavy atom. The van der Waals surface area contributed by atoms with Crippen molar-refractivity contribution in [3.8, 4) is 0 Å². The zero-order valence-electron chi connectivity index (χ0n) is 17.1. The first-order chi connectivity index (χ1) is 15.7. The predicted octanol–water partition coefficient (Wildman–Crippen LogP) is -0.249. The molecule has 0 aliphatic heterocycles. The number of aromatic amines is 1. The molecule has 0 spiro atoms. The molecule has 0 unspecified atom stereocenters. The lowest BCUT2D eigenvalue weighted by Crippen LogP contribution is -2.43. The van der Waals surface area contributed by atoms with Gasteiger partial charge in [0.1, 0.15) is 6.04 Å². The van der Waals surface area contributed by atoms with Gasteiger partial charge in [-0.3, -0.25) is 24.2 Å². The van der Waals surface area contributed by atoms with Gasteiger partial charge in [0.2, 0.25) is 19.8 Å². The lowest BCUT2D eigenvalue weighted by molar-refractivity contribution is -0.142. The molecular weight excluding hydrogens is 433 g/mol. The van der Waals surface area contributed by atoms with E-state index in [9.17, 15) is 24.3 Å². The highest BCUT2D eigenvalue weighted by atomic mass is 16.4. The first-order valence-corrected chi connectivity index (χ1v) is 9.54. The van der Waals surface area contributed by atoms with E-state index < -0.39 is 35.9 Å². The van der Waals surface area contributed by atoms with Crippen LogP contribution in [-0.2, 0) is 16.1 Å². The van der Waals surface area contributed by atoms with Gasteiger partial charge in [0, 0.05) is 17.7 Å². The molecule has 1 atom stereocenters. The molecule has 1 amide bonds. The Labute approximate surface area is 187 Å². The Kier molecular flexibility index (Phi) is 6.86. The van der Waals surface area contributed by atoms with E-state index in [4.69, 9.17) is 18.8 Å². The van der Waals surface area contributed by atoms with E-state index in [2.05, 4.69) is 25.3 Å². The average molecular weight is 451 g/mol. The summed E-state index contributed by atoms with van der Waals surface area (Å²) in [4.78, 5) is 61.5. The van der Waals surface area contributed by atoms with Gasteiger partial charge in [0.15, 0.2) is 11.2 Å². The maximum absolute atomic E-state index is 12.5. The number of benzene rings is 1. The van der Waals surface area contributed by atoms with Crippen molar-refractivity contribution in [2.75, 3.05) is 11.1 Å². The summed E-state index contributed by atoms with van der Waals surface area (Å²) in [5, 5.41) is 21.0. The summed E-state index contributed by atoms with van der Waals surface area (Å²) < 4.78 is 0. The molecule has 33 heavy (non-hydrogen) atoms. The summed E-state index contributed by atoms with van der Waals surface area (Å²) in [6.07, 6.45) is 0.659. The Morgan fingerprint density at radius 1 is 1.18 bits per heavy atom. The molecule has 0 aliphatic carbocycles. The average Bonchev–Trinajstić information content (AvgIpc) is 2.77. The lowest BCUT2D eigenvalue weighted by Gasteiger charge is -2.25. The van der Waals surface area contributed by atoms with Crippen LogP contribution >= 0.6 is 0 Å². The monoisotopic (exact) mass is 451 g/mol. The number of amides is 1. The molecule has 2 radical (unpaired) electrons. The van der Waals surface area contributed by atoms with Crippen LogP contribution in [-0.4, -0.2) is 66.8 Å². The molecule has 3 aromatic rings. The van der Waals surface area contributed by atoms with Crippen molar-refractivity contribution in [1.29, 1.82) is 0 Å². The highest BCUT2D eigenvalue weighted by molar-refractivity contribution is 6.19. The number of rotatable bonds is 9. The van der Waals surface area contributed by atoms with Crippen molar-refractivity contribution in [2.45, 2.75) is 25.4 Å². The SMILES string of the molecule is [B]N(C(=O)c1ccc(NCc2cnc3nc(N)[nH]c(=O)c3n2)cc1)[C@@H](CCC(=O)O)C(=O)O. The fraction of sp³-hybridized carbons (Fsp3) is 0.211. The van der Waals surface area contributed by atoms with E-state index in [1.807, 2.05) is 0 Å². The van der Waals surface area contributed by atoms with E-state index >= 15 is 0 Å². The Morgan fingerprint density at radius 2 is 1.88 bits per heavy atom. The number of carboxylic acids is 2. The summed E-state index contributed by atoms with van der Waals surface area (Å²) >= 11 is 0. The number of H-pyrrole nitrogens is 1. The van der Waals surface area contributed by atoms with Gasteiger partial charge < -0.3 is 26.1 Å². The number of carbonyl (C=O) groups is 3. The molecule has 1 aromatic carbocycles. The van der Waals surface area contributed by atoms with Crippen molar-refractivity contribution < 1.29 is 24.6 Å². The molecule has 0 bridgehead atoms. The minimum atomic E-state index is -1.48. The second-order valence-corrected chi connectivity index (χ2v) is 6.91. The molecule has 0 saturated heterocycles. The first-order valence-electron chi connectivity index (χ1n) is 9.54. The van der Waals surface area contributed by atoms with Crippen LogP contribution in [0.4, 0.5) is 11.6 Å². The smallest absolute Gasteiger partial charge is 0.325 e. The van der Waals surface area contributed by atoms with E-state index in [1.165, 1.54) is 18.3 Å². The second kappa shape index (κ2) is 9.76. The molecule has 14 heteroatoms. The van der Waals surface area contributed by atoms with Crippen molar-refractivity contribution in [3.05, 3.63) is 52.1 Å². The number of aromatic nitrogens is 4. The minimum absolute atomic E-state index is 0.0448. The number of fused-ring (bicyclic) bond motifs is 1. The molecular formula is C19H18BN7O6. The molecule has 0 fully saturated rings. The van der Waals surface area contributed by atoms with E-state index in [1.54, 1.807) is 12.1 Å². The Hall–Kier alpha value is -4.49. The number of aliphatic carboxylic acids is 2. The van der Waals surface area contributed by atoms with Gasteiger partial charge in [-0.25, -0.2) is 9.97 Å². The van der Waals surface area contributed by atoms with Crippen LogP contribution in [0, 0.1) is 0 Å². The van der Waals surface area contributed by atoms with Crippen LogP contribution in [0.25, 0.3) is 11.2 Å². The number of carbonyl (C=O) groups excluding carboxylic acids is 1. The number of anilines is 2. The summed E-state index contributed by atoms with van der Waals surface area (Å²) in [7, 11) is 5.66. The number of hydrogen-bond acceptors (Lipinski definition) is 9. The van der Waals surface area contributed by atoms with Gasteiger partial charge in [0.05, 0.1) is 18.4 Å². The van der Waals surface area contributed by atoms with Gasteiger partial charge >= 0.3 is 11.9 Å². The third-order valence-electron chi connectivity index (χ3n) is 4.58. The summed E-state index contributed by atoms with van der Waals surface area (Å²) in [6, 6.07) is 4.52. The minimum Gasteiger partial charge on any atom is -0.481 e. The van der Waals surface area contributed by atoms with Gasteiger partial charge in [-0.15, -0.1) is 0 Å². The number of hydrogen-bond donors (Lipinski definition) is 5. The quantitative estimate of drug-likeness (QED) is 0.268. The van der Waals surface area contributed by atoms with E-state index in [0.717, 1.165) is 0 Å². The van der Waals surface area contributed by atoms with Crippen LogP contribution in [0.5, 0.6) is 0 Å². The van der Waals surface area contributed by atoms with Gasteiger partial charge in [-0.2, -0.15) is 4.98 Å². The third kappa shape index (κ3) is 5.61. The number of nitrogens with zero attached hydrogens (tertiary/aromatic N) is 4. The fourth-order valence-corrected chi connectivity index (χ4v) is 2.91. The van der Waals surface area contributed by atoms with E-state index in [0.29, 0.717) is 16.2 Å². The van der Waals surface area contributed by atoms with Crippen LogP contribution in [0.15, 0.2) is 35.3 Å². The zero-order chi connectivity index (χ0) is 24.1. The van der Waals surface area contributed by atoms with Crippen LogP contribution in [0.1, 0.15) is 28.9 Å². The topological polar surface area (TPSA) is 204 Å². The standard InChI is InChI=1S/C19H18BN7O6/c20-27(12(18(32)33)5-6-13(28)29)17(31)9-1-3-10(4-2-9)22-7-11-8-23-15-14(24-11)16(30)26-19(21)25-15/h1-4,8,12,22H,5-7H2,(H,28,29)(H,32,33)(H3,21,23,25,26,30)/t12-/m0/s1. The molecule has 0 aliphatic rings. The first kappa shape index (κ1) is 23.2. The largest absolute Gasteiger partial charge is 0.481 e. The third-order valence-corrected chi connectivity index (χ3v) is 4.58. The number of nitrogen functional groups attached to an aromatic ring is 1. The zero-order valence-corrected chi connectivity index (χ0v) is 17.1. The Bertz CT molecular complexity index is 1260. The van der Waals surface area contributed by atoms with Crippen molar-refractivity contribution in [3.63, 3.8) is 0 Å². The summed E-state index contributed by atoms with van der Waals surface area (Å²) in [6.45, 7) is 0.208. The van der Waals surface area contributed by atoms with E-state index in [-0.39, 0.29) is 35.6 Å². The Balaban J connectivity index is 1.66. The molecule has 0 saturated carbocycles. The molecule has 168 valence electrons. The van der Waals surface area contributed by atoms with Crippen LogP contribution in [0.2, 0.25) is 0 Å². The highest BCUT2D eigenvalue weighted by Crippen LogP contribution is 2.15. The van der Waals surface area contributed by atoms with Crippen molar-refractivity contribution in [1.82, 2.24) is 24.7 Å². The van der Waals surface area contributed by atoms with Crippen LogP contribution < -0.4 is 16.6 Å². The van der Waals surface area contributed by atoms with Crippen molar-refractivity contribution >= 4 is 48.6 Å². The molecule has 13 nitrogen and oxygen atoms in total. The molecule has 6 N–H and O–H groups in total. The predicted molar refractivity (Wildman–Crippen MR) is 116 cm³/mol. The van der Waals surface area contributed by atoms with Crippen LogP contribution in [0.3, 0.4) is 0 Å². The van der Waals surface area contributed by atoms with Gasteiger partial charge in [-0.1, -0.05) is 0 Å². The number of nitrogens with one attached hydrogen (secondary N) is 2. The maximum Gasteiger partial charge on any atom is 0.325 e.